The van der Waals surface area contributed by atoms with Gasteiger partial charge in [0.05, 0.1) is 10.6 Å². The number of nitrogens with one attached hydrogen (secondary N) is 4. The van der Waals surface area contributed by atoms with Crippen LogP contribution in [0.3, 0.4) is 0 Å². The van der Waals surface area contributed by atoms with Gasteiger partial charge in [-0.25, -0.2) is 18.4 Å². The molecule has 126 valence electrons. The minimum Gasteiger partial charge on any atom is -0.304 e. The Kier molecular flexibility index (Phi) is 5.47. The van der Waals surface area contributed by atoms with Crippen LogP contribution in [0.1, 0.15) is 10.4 Å². The first-order valence-electron chi connectivity index (χ1n) is 6.66. The summed E-state index contributed by atoms with van der Waals surface area (Å²) in [6.07, 6.45) is 0. The molecule has 0 spiro atoms. The number of primary sulfonamides is 1. The highest BCUT2D eigenvalue weighted by Crippen LogP contribution is 2.11. The van der Waals surface area contributed by atoms with Crippen molar-refractivity contribution in [2.75, 3.05) is 5.43 Å². The number of anilines is 1. The standard InChI is InChI=1S/C14H15N5O4S/c15-24(22,23)12-8-6-11(7-9-12)17-19-18-14(21)16-13(20)10-4-2-1-3-5-10/h1-9,17,19H,(H2,15,22,23)(H2,16,18,20,21). The zero-order chi connectivity index (χ0) is 17.6. The van der Waals surface area contributed by atoms with Gasteiger partial charge in [-0.2, -0.15) is 0 Å². The maximum atomic E-state index is 11.7. The summed E-state index contributed by atoms with van der Waals surface area (Å²) in [6.45, 7) is 0. The fraction of sp³-hybridized carbons (Fsp3) is 0. The molecule has 0 aliphatic heterocycles. The van der Waals surface area contributed by atoms with Gasteiger partial charge in [0.2, 0.25) is 10.0 Å². The number of imide groups is 1. The van der Waals surface area contributed by atoms with Gasteiger partial charge in [0.1, 0.15) is 0 Å². The minimum absolute atomic E-state index is 0.0350. The van der Waals surface area contributed by atoms with Gasteiger partial charge >= 0.3 is 6.03 Å². The van der Waals surface area contributed by atoms with E-state index in [2.05, 4.69) is 21.7 Å². The molecule has 0 fully saturated rings. The fourth-order valence-corrected chi connectivity index (χ4v) is 2.20. The van der Waals surface area contributed by atoms with E-state index in [0.717, 1.165) is 0 Å². The Morgan fingerprint density at radius 2 is 1.54 bits per heavy atom. The van der Waals surface area contributed by atoms with Crippen LogP contribution in [0.2, 0.25) is 0 Å². The third-order valence-electron chi connectivity index (χ3n) is 2.83. The molecule has 0 saturated heterocycles. The van der Waals surface area contributed by atoms with Crippen molar-refractivity contribution < 1.29 is 18.0 Å². The average molecular weight is 349 g/mol. The summed E-state index contributed by atoms with van der Waals surface area (Å²) in [4.78, 5) is 23.3. The van der Waals surface area contributed by atoms with Gasteiger partial charge < -0.3 is 5.43 Å². The number of hydrogen-bond donors (Lipinski definition) is 5. The molecular formula is C14H15N5O4S. The van der Waals surface area contributed by atoms with Crippen LogP contribution in [0.4, 0.5) is 10.5 Å². The number of hydrogen-bond acceptors (Lipinski definition) is 6. The topological polar surface area (TPSA) is 142 Å². The second kappa shape index (κ2) is 7.55. The van der Waals surface area contributed by atoms with Gasteiger partial charge in [0.25, 0.3) is 5.91 Å². The largest absolute Gasteiger partial charge is 0.337 e. The lowest BCUT2D eigenvalue weighted by atomic mass is 10.2. The van der Waals surface area contributed by atoms with Gasteiger partial charge in [-0.3, -0.25) is 15.5 Å². The number of hydrazine groups is 2. The number of carbonyl (C=O) groups is 2. The molecule has 0 saturated carbocycles. The third kappa shape index (κ3) is 5.05. The summed E-state index contributed by atoms with van der Waals surface area (Å²) in [6, 6.07) is 13.0. The SMILES string of the molecule is NS(=O)(=O)c1ccc(NNNC(=O)NC(=O)c2ccccc2)cc1. The quantitative estimate of drug-likeness (QED) is 0.492. The monoisotopic (exact) mass is 349 g/mol. The molecule has 3 amide bonds. The number of amides is 3. The molecule has 0 aromatic heterocycles. The molecule has 24 heavy (non-hydrogen) atoms. The lowest BCUT2D eigenvalue weighted by Gasteiger charge is -2.10. The maximum Gasteiger partial charge on any atom is 0.337 e. The van der Waals surface area contributed by atoms with Crippen molar-refractivity contribution in [1.29, 1.82) is 0 Å². The molecule has 0 bridgehead atoms. The van der Waals surface area contributed by atoms with Crippen LogP contribution in [0, 0.1) is 0 Å². The van der Waals surface area contributed by atoms with Crippen molar-refractivity contribution in [3.63, 3.8) is 0 Å². The molecule has 0 radical (unpaired) electrons. The van der Waals surface area contributed by atoms with E-state index < -0.39 is 22.0 Å². The van der Waals surface area contributed by atoms with Crippen molar-refractivity contribution in [1.82, 2.24) is 16.3 Å². The van der Waals surface area contributed by atoms with Gasteiger partial charge in [-0.05, 0) is 36.4 Å². The second-order valence-electron chi connectivity index (χ2n) is 4.59. The predicted octanol–water partition coefficient (Wildman–Crippen LogP) is 0.305. The zero-order valence-electron chi connectivity index (χ0n) is 12.3. The first-order chi connectivity index (χ1) is 11.4. The Balaban J connectivity index is 1.79. The van der Waals surface area contributed by atoms with E-state index in [1.54, 1.807) is 30.3 Å². The molecule has 0 aliphatic carbocycles. The first kappa shape index (κ1) is 17.4. The van der Waals surface area contributed by atoms with E-state index in [-0.39, 0.29) is 4.90 Å². The number of urea groups is 1. The van der Waals surface area contributed by atoms with Crippen molar-refractivity contribution in [3.05, 3.63) is 60.2 Å². The number of rotatable bonds is 5. The molecule has 0 aliphatic rings. The lowest BCUT2D eigenvalue weighted by molar-refractivity contribution is 0.0963. The van der Waals surface area contributed by atoms with Crippen LogP contribution in [0.25, 0.3) is 0 Å². The van der Waals surface area contributed by atoms with Gasteiger partial charge in [-0.15, -0.1) is 5.53 Å². The zero-order valence-corrected chi connectivity index (χ0v) is 13.1. The van der Waals surface area contributed by atoms with Gasteiger partial charge in [0.15, 0.2) is 0 Å². The van der Waals surface area contributed by atoms with Crippen LogP contribution >= 0.6 is 0 Å². The second-order valence-corrected chi connectivity index (χ2v) is 6.16. The Morgan fingerprint density at radius 3 is 2.12 bits per heavy atom. The number of carbonyl (C=O) groups excluding carboxylic acids is 2. The van der Waals surface area contributed by atoms with E-state index in [0.29, 0.717) is 11.3 Å². The molecule has 10 heteroatoms. The predicted molar refractivity (Wildman–Crippen MR) is 87.0 cm³/mol. The Labute approximate surface area is 138 Å². The van der Waals surface area contributed by atoms with Crippen LogP contribution in [-0.4, -0.2) is 20.4 Å². The van der Waals surface area contributed by atoms with Crippen molar-refractivity contribution in [3.8, 4) is 0 Å². The molecule has 0 heterocycles. The molecule has 6 N–H and O–H groups in total. The molecule has 9 nitrogen and oxygen atoms in total. The molecule has 2 aromatic rings. The van der Waals surface area contributed by atoms with E-state index in [1.807, 2.05) is 0 Å². The van der Waals surface area contributed by atoms with E-state index in [4.69, 9.17) is 5.14 Å². The highest BCUT2D eigenvalue weighted by Gasteiger charge is 2.09. The first-order valence-corrected chi connectivity index (χ1v) is 8.21. The highest BCUT2D eigenvalue weighted by molar-refractivity contribution is 7.89. The summed E-state index contributed by atoms with van der Waals surface area (Å²) in [7, 11) is -3.76. The molecule has 2 aromatic carbocycles. The van der Waals surface area contributed by atoms with Crippen molar-refractivity contribution in [2.24, 2.45) is 5.14 Å². The van der Waals surface area contributed by atoms with Gasteiger partial charge in [-0.1, -0.05) is 18.2 Å². The summed E-state index contributed by atoms with van der Waals surface area (Å²) in [5.41, 5.74) is 7.99. The normalized spacial score (nSPS) is 10.7. The Bertz CT molecular complexity index is 822. The van der Waals surface area contributed by atoms with E-state index in [9.17, 15) is 18.0 Å². The van der Waals surface area contributed by atoms with Crippen molar-refractivity contribution >= 4 is 27.6 Å². The van der Waals surface area contributed by atoms with Crippen LogP contribution in [-0.2, 0) is 10.0 Å². The smallest absolute Gasteiger partial charge is 0.304 e. The molecule has 2 rings (SSSR count). The average Bonchev–Trinajstić information content (AvgIpc) is 2.55. The minimum atomic E-state index is -3.76. The van der Waals surface area contributed by atoms with Crippen LogP contribution < -0.4 is 26.8 Å². The molecular weight excluding hydrogens is 334 g/mol. The Hall–Kier alpha value is -2.95. The molecule has 0 unspecified atom stereocenters. The maximum absolute atomic E-state index is 11.7. The number of sulfonamides is 1. The van der Waals surface area contributed by atoms with E-state index in [1.165, 1.54) is 24.3 Å². The third-order valence-corrected chi connectivity index (χ3v) is 3.76. The highest BCUT2D eigenvalue weighted by atomic mass is 32.2. The summed E-state index contributed by atoms with van der Waals surface area (Å²) in [5.74, 6) is -0.549. The molecule has 0 atom stereocenters. The number of benzene rings is 2. The van der Waals surface area contributed by atoms with Crippen molar-refractivity contribution in [2.45, 2.75) is 4.90 Å². The Morgan fingerprint density at radius 1 is 0.917 bits per heavy atom. The summed E-state index contributed by atoms with van der Waals surface area (Å²) < 4.78 is 22.2. The van der Waals surface area contributed by atoms with Crippen LogP contribution in [0.15, 0.2) is 59.5 Å². The van der Waals surface area contributed by atoms with Crippen LogP contribution in [0.5, 0.6) is 0 Å². The summed E-state index contributed by atoms with van der Waals surface area (Å²) >= 11 is 0. The summed E-state index contributed by atoms with van der Waals surface area (Å²) in [5, 5.41) is 7.10. The number of nitrogens with two attached hydrogens (primary N) is 1. The van der Waals surface area contributed by atoms with E-state index >= 15 is 0 Å². The fourth-order valence-electron chi connectivity index (χ4n) is 1.68. The lowest BCUT2D eigenvalue weighted by Crippen LogP contribution is -2.48. The van der Waals surface area contributed by atoms with Gasteiger partial charge in [0, 0.05) is 5.56 Å².